The van der Waals surface area contributed by atoms with Gasteiger partial charge in [-0.05, 0) is 50.6 Å². The first-order valence-corrected chi connectivity index (χ1v) is 16.3. The Hall–Kier alpha value is -4.09. The van der Waals surface area contributed by atoms with Crippen LogP contribution in [-0.2, 0) is 9.53 Å². The number of nitriles is 1. The van der Waals surface area contributed by atoms with Crippen LogP contribution in [0.1, 0.15) is 25.3 Å². The van der Waals surface area contributed by atoms with E-state index in [0.717, 1.165) is 24.3 Å². The van der Waals surface area contributed by atoms with Gasteiger partial charge in [-0.25, -0.2) is 8.78 Å². The normalized spacial score (nSPS) is 21.4. The van der Waals surface area contributed by atoms with E-state index in [1.165, 1.54) is 18.2 Å². The van der Waals surface area contributed by atoms with E-state index in [9.17, 15) is 14.4 Å². The van der Waals surface area contributed by atoms with Crippen LogP contribution in [0.5, 0.6) is 6.01 Å². The molecule has 2 N–H and O–H groups in total. The van der Waals surface area contributed by atoms with Crippen molar-refractivity contribution >= 4 is 60.7 Å². The molecule has 246 valence electrons. The van der Waals surface area contributed by atoms with Gasteiger partial charge in [0, 0.05) is 55.7 Å². The van der Waals surface area contributed by atoms with E-state index in [2.05, 4.69) is 16.5 Å². The lowest BCUT2D eigenvalue weighted by Crippen LogP contribution is -2.43. The number of methoxy groups -OCH3 is 1. The van der Waals surface area contributed by atoms with Gasteiger partial charge in [0.1, 0.15) is 34.8 Å². The molecule has 2 saturated heterocycles. The van der Waals surface area contributed by atoms with E-state index in [1.54, 1.807) is 18.1 Å². The number of ether oxygens (including phenoxy) is 2. The topological polar surface area (TPSA) is 121 Å². The number of nitrogens with two attached hydrogens (primary N) is 1. The molecule has 10 nitrogen and oxygen atoms in total. The fraction of sp³-hybridized carbons (Fsp3) is 0.394. The lowest BCUT2D eigenvalue weighted by Gasteiger charge is -2.32. The number of hydrogen-bond donors (Lipinski definition) is 1. The highest BCUT2D eigenvalue weighted by molar-refractivity contribution is 7.23. The number of halogens is 3. The summed E-state index contributed by atoms with van der Waals surface area (Å²) in [6.07, 6.45) is 2.75. The summed E-state index contributed by atoms with van der Waals surface area (Å²) < 4.78 is 43.6. The number of amides is 1. The number of fused-ring (bicyclic) bond motifs is 2. The van der Waals surface area contributed by atoms with Crippen LogP contribution in [0.4, 0.5) is 19.6 Å². The first kappa shape index (κ1) is 32.8. The van der Waals surface area contributed by atoms with Crippen molar-refractivity contribution in [2.75, 3.05) is 51.5 Å². The van der Waals surface area contributed by atoms with Crippen LogP contribution in [-0.4, -0.2) is 90.8 Å². The third-order valence-electron chi connectivity index (χ3n) is 9.43. The molecule has 0 aliphatic carbocycles. The van der Waals surface area contributed by atoms with Crippen LogP contribution in [0, 0.1) is 23.0 Å². The van der Waals surface area contributed by atoms with Crippen molar-refractivity contribution in [3.8, 4) is 23.2 Å². The van der Waals surface area contributed by atoms with Gasteiger partial charge in [0.2, 0.25) is 5.91 Å². The smallest absolute Gasteiger partial charge is 0.319 e. The molecule has 0 bridgehead atoms. The van der Waals surface area contributed by atoms with Crippen molar-refractivity contribution in [2.24, 2.45) is 0 Å². The molecule has 2 fully saturated rings. The molecule has 0 unspecified atom stereocenters. The Kier molecular flexibility index (Phi) is 8.97. The lowest BCUT2D eigenvalue weighted by molar-refractivity contribution is -0.126. The SMILES string of the molecule is C=CC(=O)N1CC[C@@H](N(C)c2nc(OC[C@@H]3C[C@@H](OC)CN3C)nc3c(F)c(-c4ccc(F)c5sc(N)c(C#N)c45)c(Cl)cc23)[C@@H]1C. The fourth-order valence-electron chi connectivity index (χ4n) is 6.84. The summed E-state index contributed by atoms with van der Waals surface area (Å²) >= 11 is 7.75. The molecule has 4 atom stereocenters. The monoisotopic (exact) mass is 681 g/mol. The van der Waals surface area contributed by atoms with E-state index in [0.29, 0.717) is 24.2 Å². The van der Waals surface area contributed by atoms with Crippen molar-refractivity contribution < 1.29 is 23.0 Å². The van der Waals surface area contributed by atoms with E-state index < -0.39 is 11.6 Å². The molecule has 4 aromatic rings. The van der Waals surface area contributed by atoms with Crippen LogP contribution in [0.2, 0.25) is 5.02 Å². The van der Waals surface area contributed by atoms with E-state index in [4.69, 9.17) is 31.8 Å². The highest BCUT2D eigenvalue weighted by Crippen LogP contribution is 2.46. The van der Waals surface area contributed by atoms with Crippen LogP contribution < -0.4 is 15.4 Å². The molecular weight excluding hydrogens is 648 g/mol. The Morgan fingerprint density at radius 2 is 2.13 bits per heavy atom. The molecule has 2 aromatic carbocycles. The predicted molar refractivity (Wildman–Crippen MR) is 180 cm³/mol. The van der Waals surface area contributed by atoms with E-state index in [1.807, 2.05) is 32.0 Å². The number of likely N-dealkylation sites (N-methyl/N-ethyl adjacent to an activating group) is 2. The predicted octanol–water partition coefficient (Wildman–Crippen LogP) is 5.61. The minimum atomic E-state index is -0.781. The Morgan fingerprint density at radius 3 is 2.81 bits per heavy atom. The maximum Gasteiger partial charge on any atom is 0.319 e. The second-order valence-corrected chi connectivity index (χ2v) is 13.4. The van der Waals surface area contributed by atoms with Crippen LogP contribution in [0.25, 0.3) is 32.1 Å². The van der Waals surface area contributed by atoms with Crippen molar-refractivity contribution in [1.29, 1.82) is 5.26 Å². The van der Waals surface area contributed by atoms with Crippen LogP contribution in [0.15, 0.2) is 30.9 Å². The number of anilines is 2. The van der Waals surface area contributed by atoms with Gasteiger partial charge in [-0.1, -0.05) is 24.2 Å². The number of rotatable bonds is 8. The van der Waals surface area contributed by atoms with Gasteiger partial charge >= 0.3 is 6.01 Å². The molecule has 4 heterocycles. The highest BCUT2D eigenvalue weighted by Gasteiger charge is 2.37. The van der Waals surface area contributed by atoms with Gasteiger partial charge in [0.15, 0.2) is 5.82 Å². The minimum absolute atomic E-state index is 0.0182. The summed E-state index contributed by atoms with van der Waals surface area (Å²) in [6.45, 7) is 7.08. The fourth-order valence-corrected chi connectivity index (χ4v) is 8.08. The molecule has 0 radical (unpaired) electrons. The van der Waals surface area contributed by atoms with Gasteiger partial charge in [-0.15, -0.1) is 11.3 Å². The second kappa shape index (κ2) is 12.8. The van der Waals surface area contributed by atoms with Crippen molar-refractivity contribution in [3.63, 3.8) is 0 Å². The van der Waals surface area contributed by atoms with Crippen molar-refractivity contribution in [1.82, 2.24) is 19.8 Å². The average Bonchev–Trinajstić information content (AvgIpc) is 3.73. The average molecular weight is 682 g/mol. The van der Waals surface area contributed by atoms with Gasteiger partial charge < -0.3 is 25.0 Å². The first-order valence-electron chi connectivity index (χ1n) is 15.1. The number of nitrogen functional groups attached to an aromatic ring is 1. The molecule has 47 heavy (non-hydrogen) atoms. The quantitative estimate of drug-likeness (QED) is 0.237. The third-order valence-corrected chi connectivity index (χ3v) is 10.8. The summed E-state index contributed by atoms with van der Waals surface area (Å²) in [5.41, 5.74) is 6.21. The van der Waals surface area contributed by atoms with Gasteiger partial charge in [-0.2, -0.15) is 15.2 Å². The van der Waals surface area contributed by atoms with E-state index in [-0.39, 0.29) is 85.1 Å². The molecule has 2 aliphatic rings. The molecule has 1 amide bonds. The van der Waals surface area contributed by atoms with Crippen molar-refractivity contribution in [2.45, 2.75) is 44.0 Å². The number of hydrogen-bond acceptors (Lipinski definition) is 10. The zero-order valence-electron chi connectivity index (χ0n) is 26.4. The van der Waals surface area contributed by atoms with E-state index >= 15 is 4.39 Å². The number of benzene rings is 2. The molecule has 14 heteroatoms. The summed E-state index contributed by atoms with van der Waals surface area (Å²) in [5.74, 6) is -1.16. The Labute approximate surface area is 279 Å². The molecule has 6 rings (SSSR count). The van der Waals surface area contributed by atoms with Crippen LogP contribution >= 0.6 is 22.9 Å². The summed E-state index contributed by atoms with van der Waals surface area (Å²) in [5, 5.41) is 10.5. The summed E-state index contributed by atoms with van der Waals surface area (Å²) in [7, 11) is 5.49. The number of nitrogens with zero attached hydrogens (tertiary/aromatic N) is 6. The largest absolute Gasteiger partial charge is 0.462 e. The molecule has 0 spiro atoms. The molecule has 0 saturated carbocycles. The number of aromatic nitrogens is 2. The summed E-state index contributed by atoms with van der Waals surface area (Å²) in [6, 6.07) is 5.81. The Bertz CT molecular complexity index is 1950. The minimum Gasteiger partial charge on any atom is -0.462 e. The lowest BCUT2D eigenvalue weighted by atomic mass is 9.97. The third kappa shape index (κ3) is 5.63. The second-order valence-electron chi connectivity index (χ2n) is 12.0. The van der Waals surface area contributed by atoms with Crippen LogP contribution in [0.3, 0.4) is 0 Å². The molecular formula is C33H34ClF2N7O3S. The van der Waals surface area contributed by atoms with Crippen molar-refractivity contribution in [3.05, 3.63) is 53.1 Å². The number of likely N-dealkylation sites (tertiary alicyclic amines) is 2. The summed E-state index contributed by atoms with van der Waals surface area (Å²) in [4.78, 5) is 27.6. The maximum atomic E-state index is 16.9. The number of carbonyl (C=O) groups is 1. The number of carbonyl (C=O) groups excluding carboxylic acids is 1. The number of thiophene rings is 1. The molecule has 2 aromatic heterocycles. The zero-order valence-corrected chi connectivity index (χ0v) is 28.0. The van der Waals surface area contributed by atoms with Gasteiger partial charge in [0.25, 0.3) is 0 Å². The van der Waals surface area contributed by atoms with Gasteiger partial charge in [-0.3, -0.25) is 9.69 Å². The van der Waals surface area contributed by atoms with Gasteiger partial charge in [0.05, 0.1) is 27.4 Å². The standard InChI is InChI=1S/C33H34ClF2N7O3S/c1-6-25(44)43-10-9-24(16(43)2)42(4)32-20-12-22(34)27(19-7-8-23(35)30-26(19)21(13-37)31(38)47-30)28(36)29(20)39-33(40-32)46-15-17-11-18(45-5)14-41(17)3/h6-8,12,16-18,24H,1,9-11,14-15,38H2,2-5H3/t16-,17-,18+,24+/m0/s1. The Morgan fingerprint density at radius 1 is 1.36 bits per heavy atom. The highest BCUT2D eigenvalue weighted by atomic mass is 35.5. The Balaban J connectivity index is 1.50. The first-order chi connectivity index (χ1) is 22.5. The maximum absolute atomic E-state index is 16.9. The zero-order chi connectivity index (χ0) is 33.7. The molecule has 2 aliphatic heterocycles.